The molecule has 0 bridgehead atoms. The first-order chi connectivity index (χ1) is 12.8. The van der Waals surface area contributed by atoms with E-state index in [0.29, 0.717) is 13.0 Å². The van der Waals surface area contributed by atoms with E-state index in [0.717, 1.165) is 37.4 Å². The number of piperidine rings is 1. The Morgan fingerprint density at radius 1 is 1.30 bits per heavy atom. The third-order valence-electron chi connectivity index (χ3n) is 6.49. The van der Waals surface area contributed by atoms with Gasteiger partial charge in [-0.1, -0.05) is 26.0 Å². The summed E-state index contributed by atoms with van der Waals surface area (Å²) in [7, 11) is 1.70. The monoisotopic (exact) mass is 375 g/mol. The predicted octanol–water partition coefficient (Wildman–Crippen LogP) is 2.31. The number of benzene rings is 1. The van der Waals surface area contributed by atoms with Crippen molar-refractivity contribution in [3.05, 3.63) is 24.3 Å². The summed E-state index contributed by atoms with van der Waals surface area (Å²) in [6.45, 7) is 8.44. The summed E-state index contributed by atoms with van der Waals surface area (Å²) < 4.78 is 11.2. The molecule has 2 aliphatic rings. The molecule has 1 amide bonds. The number of amides is 1. The minimum absolute atomic E-state index is 0.0424. The molecular formula is C21H33N3O3. The minimum Gasteiger partial charge on any atom is -0.495 e. The fourth-order valence-corrected chi connectivity index (χ4v) is 4.29. The van der Waals surface area contributed by atoms with Crippen LogP contribution in [0.4, 0.5) is 5.69 Å². The van der Waals surface area contributed by atoms with Crippen molar-refractivity contribution in [3.8, 4) is 5.75 Å². The van der Waals surface area contributed by atoms with Gasteiger partial charge in [0.25, 0.3) is 0 Å². The van der Waals surface area contributed by atoms with Crippen molar-refractivity contribution in [2.24, 2.45) is 11.1 Å². The molecule has 2 unspecified atom stereocenters. The van der Waals surface area contributed by atoms with Crippen molar-refractivity contribution < 1.29 is 14.3 Å². The molecule has 0 aromatic heterocycles. The SMILES string of the molecule is CCOC1CC(N)(C(=O)NC2CCN(c3ccccc3OC)CC2)C1(C)C. The highest BCUT2D eigenvalue weighted by Gasteiger charge is 2.63. The number of nitrogens with zero attached hydrogens (tertiary/aromatic N) is 1. The van der Waals surface area contributed by atoms with E-state index in [2.05, 4.69) is 16.3 Å². The fraction of sp³-hybridized carbons (Fsp3) is 0.667. The lowest BCUT2D eigenvalue weighted by Gasteiger charge is -2.57. The van der Waals surface area contributed by atoms with E-state index in [4.69, 9.17) is 15.2 Å². The Bertz CT molecular complexity index is 670. The number of ether oxygens (including phenoxy) is 2. The van der Waals surface area contributed by atoms with Crippen LogP contribution in [0.3, 0.4) is 0 Å². The van der Waals surface area contributed by atoms with Crippen molar-refractivity contribution in [1.82, 2.24) is 5.32 Å². The molecule has 6 heteroatoms. The molecule has 2 fully saturated rings. The lowest BCUT2D eigenvalue weighted by atomic mass is 9.54. The van der Waals surface area contributed by atoms with Gasteiger partial charge in [0, 0.05) is 37.6 Å². The zero-order valence-electron chi connectivity index (χ0n) is 17.0. The van der Waals surface area contributed by atoms with Crippen LogP contribution in [0.1, 0.15) is 40.0 Å². The van der Waals surface area contributed by atoms with Gasteiger partial charge in [0.05, 0.1) is 18.9 Å². The number of para-hydroxylation sites is 2. The highest BCUT2D eigenvalue weighted by molar-refractivity contribution is 5.89. The first kappa shape index (κ1) is 20.0. The van der Waals surface area contributed by atoms with Crippen LogP contribution in [0.2, 0.25) is 0 Å². The molecule has 0 radical (unpaired) electrons. The number of carbonyl (C=O) groups is 1. The van der Waals surface area contributed by atoms with Gasteiger partial charge in [-0.15, -0.1) is 0 Å². The highest BCUT2D eigenvalue weighted by atomic mass is 16.5. The van der Waals surface area contributed by atoms with Crippen LogP contribution in [0.5, 0.6) is 5.75 Å². The van der Waals surface area contributed by atoms with E-state index >= 15 is 0 Å². The standard InChI is InChI=1S/C21H33N3O3/c1-5-27-18-14-21(22,20(18,2)3)19(25)23-15-10-12-24(13-11-15)16-8-6-7-9-17(16)26-4/h6-9,15,18H,5,10-14,22H2,1-4H3,(H,23,25). The summed E-state index contributed by atoms with van der Waals surface area (Å²) in [5.41, 5.74) is 6.40. The van der Waals surface area contributed by atoms with Gasteiger partial charge >= 0.3 is 0 Å². The Balaban J connectivity index is 1.56. The van der Waals surface area contributed by atoms with E-state index in [-0.39, 0.29) is 23.5 Å². The molecule has 1 aliphatic carbocycles. The molecule has 27 heavy (non-hydrogen) atoms. The molecule has 1 aromatic rings. The van der Waals surface area contributed by atoms with Crippen LogP contribution in [-0.2, 0) is 9.53 Å². The van der Waals surface area contributed by atoms with Crippen molar-refractivity contribution in [2.45, 2.75) is 57.7 Å². The quantitative estimate of drug-likeness (QED) is 0.798. The van der Waals surface area contributed by atoms with Crippen LogP contribution in [0.25, 0.3) is 0 Å². The van der Waals surface area contributed by atoms with Gasteiger partial charge in [0.15, 0.2) is 0 Å². The second-order valence-corrected chi connectivity index (χ2v) is 8.25. The molecule has 2 atom stereocenters. The number of methoxy groups -OCH3 is 1. The lowest BCUT2D eigenvalue weighted by molar-refractivity contribution is -0.171. The number of rotatable bonds is 6. The van der Waals surface area contributed by atoms with Gasteiger partial charge in [-0.3, -0.25) is 4.79 Å². The number of hydrogen-bond acceptors (Lipinski definition) is 5. The van der Waals surface area contributed by atoms with Crippen molar-refractivity contribution in [1.29, 1.82) is 0 Å². The van der Waals surface area contributed by atoms with Gasteiger partial charge in [-0.2, -0.15) is 0 Å². The Kier molecular flexibility index (Phi) is 5.68. The first-order valence-electron chi connectivity index (χ1n) is 9.93. The maximum atomic E-state index is 12.9. The second kappa shape index (κ2) is 7.68. The van der Waals surface area contributed by atoms with Crippen LogP contribution in [-0.4, -0.2) is 50.4 Å². The van der Waals surface area contributed by atoms with Crippen LogP contribution in [0, 0.1) is 5.41 Å². The minimum atomic E-state index is -0.855. The Morgan fingerprint density at radius 2 is 1.96 bits per heavy atom. The average molecular weight is 376 g/mol. The summed E-state index contributed by atoms with van der Waals surface area (Å²) in [5.74, 6) is 0.846. The fourth-order valence-electron chi connectivity index (χ4n) is 4.29. The van der Waals surface area contributed by atoms with Gasteiger partial charge in [0.2, 0.25) is 5.91 Å². The largest absolute Gasteiger partial charge is 0.495 e. The zero-order chi connectivity index (χ0) is 19.7. The van der Waals surface area contributed by atoms with Gasteiger partial charge in [-0.25, -0.2) is 0 Å². The zero-order valence-corrected chi connectivity index (χ0v) is 17.0. The van der Waals surface area contributed by atoms with Crippen LogP contribution >= 0.6 is 0 Å². The number of hydrogen-bond donors (Lipinski definition) is 2. The van der Waals surface area contributed by atoms with Crippen molar-refractivity contribution in [2.75, 3.05) is 31.7 Å². The molecule has 3 rings (SSSR count). The Hall–Kier alpha value is -1.79. The molecule has 3 N–H and O–H groups in total. The molecule has 6 nitrogen and oxygen atoms in total. The number of anilines is 1. The smallest absolute Gasteiger partial charge is 0.241 e. The van der Waals surface area contributed by atoms with E-state index in [1.54, 1.807) is 7.11 Å². The van der Waals surface area contributed by atoms with Crippen molar-refractivity contribution in [3.63, 3.8) is 0 Å². The van der Waals surface area contributed by atoms with Gasteiger partial charge in [-0.05, 0) is 31.9 Å². The second-order valence-electron chi connectivity index (χ2n) is 8.25. The van der Waals surface area contributed by atoms with E-state index in [9.17, 15) is 4.79 Å². The number of carbonyl (C=O) groups excluding carboxylic acids is 1. The number of nitrogens with two attached hydrogens (primary N) is 1. The van der Waals surface area contributed by atoms with Crippen molar-refractivity contribution >= 4 is 11.6 Å². The molecule has 1 aromatic carbocycles. The molecule has 150 valence electrons. The normalized spacial score (nSPS) is 27.7. The van der Waals surface area contributed by atoms with E-state index in [1.807, 2.05) is 39.0 Å². The average Bonchev–Trinajstić information content (AvgIpc) is 2.68. The summed E-state index contributed by atoms with van der Waals surface area (Å²) in [6, 6.07) is 8.22. The summed E-state index contributed by atoms with van der Waals surface area (Å²) in [6.07, 6.45) is 2.43. The maximum Gasteiger partial charge on any atom is 0.241 e. The Labute approximate surface area is 162 Å². The molecular weight excluding hydrogens is 342 g/mol. The summed E-state index contributed by atoms with van der Waals surface area (Å²) in [5, 5.41) is 3.20. The third kappa shape index (κ3) is 3.52. The molecule has 1 saturated carbocycles. The summed E-state index contributed by atoms with van der Waals surface area (Å²) in [4.78, 5) is 15.2. The molecule has 1 aliphatic heterocycles. The topological polar surface area (TPSA) is 76.8 Å². The van der Waals surface area contributed by atoms with E-state index in [1.165, 1.54) is 0 Å². The van der Waals surface area contributed by atoms with Crippen LogP contribution < -0.4 is 20.7 Å². The number of nitrogens with one attached hydrogen (secondary N) is 1. The predicted molar refractivity (Wildman–Crippen MR) is 107 cm³/mol. The third-order valence-corrected chi connectivity index (χ3v) is 6.49. The lowest BCUT2D eigenvalue weighted by Crippen LogP contribution is -2.76. The van der Waals surface area contributed by atoms with Crippen LogP contribution in [0.15, 0.2) is 24.3 Å². The molecule has 1 saturated heterocycles. The van der Waals surface area contributed by atoms with Gasteiger partial charge in [0.1, 0.15) is 11.3 Å². The molecule has 0 spiro atoms. The summed E-state index contributed by atoms with van der Waals surface area (Å²) >= 11 is 0. The molecule has 1 heterocycles. The van der Waals surface area contributed by atoms with Gasteiger partial charge < -0.3 is 25.4 Å². The maximum absolute atomic E-state index is 12.9. The van der Waals surface area contributed by atoms with E-state index < -0.39 is 5.54 Å². The Morgan fingerprint density at radius 3 is 2.56 bits per heavy atom. The highest BCUT2D eigenvalue weighted by Crippen LogP contribution is 2.50. The first-order valence-corrected chi connectivity index (χ1v) is 9.93.